The zero-order chi connectivity index (χ0) is 6.24. The van der Waals surface area contributed by atoms with E-state index in [1.807, 2.05) is 7.05 Å². The molecule has 0 spiro atoms. The molecule has 0 unspecified atom stereocenters. The van der Waals surface area contributed by atoms with Crippen LogP contribution in [0.15, 0.2) is 0 Å². The molecule has 0 saturated heterocycles. The number of hydrogen-bond acceptors (Lipinski definition) is 2. The van der Waals surface area contributed by atoms with E-state index in [1.54, 1.807) is 0 Å². The van der Waals surface area contributed by atoms with Crippen LogP contribution in [-0.2, 0) is 0 Å². The summed E-state index contributed by atoms with van der Waals surface area (Å²) in [5.41, 5.74) is 0. The van der Waals surface area contributed by atoms with Gasteiger partial charge in [-0.15, -0.1) is 0 Å². The Morgan fingerprint density at radius 2 is 1.88 bits per heavy atom. The third-order valence-electron chi connectivity index (χ3n) is 0.948. The molecule has 0 aromatic rings. The van der Waals surface area contributed by atoms with Crippen molar-refractivity contribution in [3.05, 3.63) is 0 Å². The molecule has 0 heterocycles. The number of nitrogens with one attached hydrogen (secondary N) is 2. The van der Waals surface area contributed by atoms with Gasteiger partial charge in [-0.25, -0.2) is 0 Å². The molecular formula is C5H13IN2. The van der Waals surface area contributed by atoms with E-state index in [9.17, 15) is 0 Å². The van der Waals surface area contributed by atoms with Gasteiger partial charge in [-0.3, -0.25) is 3.53 Å². The van der Waals surface area contributed by atoms with Crippen molar-refractivity contribution in [3.63, 3.8) is 0 Å². The van der Waals surface area contributed by atoms with E-state index in [2.05, 4.69) is 31.7 Å². The van der Waals surface area contributed by atoms with Gasteiger partial charge in [-0.05, 0) is 26.4 Å². The molecular weight excluding hydrogens is 215 g/mol. The zero-order valence-electron chi connectivity index (χ0n) is 5.21. The molecule has 0 aliphatic carbocycles. The van der Waals surface area contributed by atoms with E-state index < -0.39 is 0 Å². The summed E-state index contributed by atoms with van der Waals surface area (Å²) in [6, 6.07) is 0. The van der Waals surface area contributed by atoms with Crippen LogP contribution in [-0.4, -0.2) is 20.1 Å². The van der Waals surface area contributed by atoms with Crippen molar-refractivity contribution in [2.45, 2.75) is 12.8 Å². The van der Waals surface area contributed by atoms with Gasteiger partial charge in [0.25, 0.3) is 0 Å². The fraction of sp³-hybridized carbons (Fsp3) is 1.00. The van der Waals surface area contributed by atoms with Gasteiger partial charge in [0.15, 0.2) is 0 Å². The van der Waals surface area contributed by atoms with Crippen molar-refractivity contribution in [3.8, 4) is 0 Å². The molecule has 3 heteroatoms. The summed E-state index contributed by atoms with van der Waals surface area (Å²) in [6.45, 7) is 2.26. The van der Waals surface area contributed by atoms with E-state index in [1.165, 1.54) is 12.8 Å². The maximum absolute atomic E-state index is 3.10. The van der Waals surface area contributed by atoms with Crippen LogP contribution < -0.4 is 8.85 Å². The van der Waals surface area contributed by atoms with Crippen LogP contribution in [0.2, 0.25) is 0 Å². The highest BCUT2D eigenvalue weighted by atomic mass is 127. The molecule has 0 amide bonds. The Bertz CT molecular complexity index is 35.4. The van der Waals surface area contributed by atoms with Crippen LogP contribution >= 0.6 is 22.9 Å². The second kappa shape index (κ2) is 7.65. The molecule has 0 aromatic carbocycles. The zero-order valence-corrected chi connectivity index (χ0v) is 7.36. The number of halogens is 1. The van der Waals surface area contributed by atoms with Crippen molar-refractivity contribution in [2.24, 2.45) is 0 Å². The van der Waals surface area contributed by atoms with Gasteiger partial charge in [0.2, 0.25) is 0 Å². The fourth-order valence-corrected chi connectivity index (χ4v) is 0.875. The minimum absolute atomic E-state index is 1.13. The predicted octanol–water partition coefficient (Wildman–Crippen LogP) is 0.926. The van der Waals surface area contributed by atoms with Gasteiger partial charge in [0.05, 0.1) is 0 Å². The monoisotopic (exact) mass is 228 g/mol. The largest absolute Gasteiger partial charge is 0.320 e. The summed E-state index contributed by atoms with van der Waals surface area (Å²) in [5.74, 6) is 0. The second-order valence-electron chi connectivity index (χ2n) is 1.69. The van der Waals surface area contributed by atoms with Crippen molar-refractivity contribution < 1.29 is 0 Å². The topological polar surface area (TPSA) is 24.1 Å². The summed E-state index contributed by atoms with van der Waals surface area (Å²) in [6.07, 6.45) is 2.54. The molecule has 2 N–H and O–H groups in total. The molecule has 0 rings (SSSR count). The van der Waals surface area contributed by atoms with Gasteiger partial charge in [0.1, 0.15) is 0 Å². The Balaban J connectivity index is 2.53. The summed E-state index contributed by atoms with van der Waals surface area (Å²) in [4.78, 5) is 0. The third-order valence-corrected chi connectivity index (χ3v) is 1.49. The first-order chi connectivity index (χ1) is 3.91. The van der Waals surface area contributed by atoms with Crippen molar-refractivity contribution in [1.82, 2.24) is 8.85 Å². The predicted molar refractivity (Wildman–Crippen MR) is 45.2 cm³/mol. The molecule has 8 heavy (non-hydrogen) atoms. The van der Waals surface area contributed by atoms with E-state index in [0.717, 1.165) is 13.1 Å². The molecule has 50 valence electrons. The van der Waals surface area contributed by atoms with Crippen LogP contribution in [0.4, 0.5) is 0 Å². The summed E-state index contributed by atoms with van der Waals surface area (Å²) >= 11 is 2.17. The minimum Gasteiger partial charge on any atom is -0.320 e. The molecule has 0 aromatic heterocycles. The van der Waals surface area contributed by atoms with Crippen molar-refractivity contribution in [2.75, 3.05) is 20.1 Å². The third kappa shape index (κ3) is 6.65. The molecule has 0 radical (unpaired) electrons. The first-order valence-electron chi connectivity index (χ1n) is 2.90. The first-order valence-corrected chi connectivity index (χ1v) is 3.97. The van der Waals surface area contributed by atoms with Crippen LogP contribution in [0.1, 0.15) is 12.8 Å². The summed E-state index contributed by atoms with van der Waals surface area (Å²) in [7, 11) is 1.98. The molecule has 0 aliphatic heterocycles. The highest BCUT2D eigenvalue weighted by molar-refractivity contribution is 14.1. The van der Waals surface area contributed by atoms with E-state index in [-0.39, 0.29) is 0 Å². The van der Waals surface area contributed by atoms with Gasteiger partial charge in [0, 0.05) is 29.4 Å². The maximum Gasteiger partial charge on any atom is 0.0169 e. The molecule has 0 bridgehead atoms. The first kappa shape index (κ1) is 8.65. The number of unbranched alkanes of at least 4 members (excludes halogenated alkanes) is 1. The lowest BCUT2D eigenvalue weighted by molar-refractivity contribution is 0.677. The van der Waals surface area contributed by atoms with Gasteiger partial charge >= 0.3 is 0 Å². The van der Waals surface area contributed by atoms with Gasteiger partial charge in [-0.1, -0.05) is 0 Å². The Hall–Kier alpha value is 0.650. The van der Waals surface area contributed by atoms with Gasteiger partial charge < -0.3 is 5.32 Å². The normalized spacial score (nSPS) is 9.75. The maximum atomic E-state index is 3.10. The average molecular weight is 228 g/mol. The van der Waals surface area contributed by atoms with Crippen LogP contribution in [0.25, 0.3) is 0 Å². The lowest BCUT2D eigenvalue weighted by Gasteiger charge is -1.96. The molecule has 0 fully saturated rings. The summed E-state index contributed by atoms with van der Waals surface area (Å²) in [5, 5.41) is 3.10. The smallest absolute Gasteiger partial charge is 0.0169 e. The van der Waals surface area contributed by atoms with Crippen LogP contribution in [0, 0.1) is 0 Å². The molecule has 2 nitrogen and oxygen atoms in total. The Morgan fingerprint density at radius 1 is 1.25 bits per heavy atom. The van der Waals surface area contributed by atoms with Crippen LogP contribution in [0.3, 0.4) is 0 Å². The highest BCUT2D eigenvalue weighted by Crippen LogP contribution is 1.84. The second-order valence-corrected chi connectivity index (χ2v) is 2.46. The SMILES string of the molecule is CNCCCCNI. The lowest BCUT2D eigenvalue weighted by Crippen LogP contribution is -2.09. The van der Waals surface area contributed by atoms with Gasteiger partial charge in [-0.2, -0.15) is 0 Å². The highest BCUT2D eigenvalue weighted by Gasteiger charge is 1.82. The molecule has 0 atom stereocenters. The molecule has 0 aliphatic rings. The Kier molecular flexibility index (Phi) is 8.27. The lowest BCUT2D eigenvalue weighted by atomic mass is 10.3. The summed E-state index contributed by atoms with van der Waals surface area (Å²) < 4.78 is 3.07. The average Bonchev–Trinajstić information content (AvgIpc) is 1.81. The van der Waals surface area contributed by atoms with E-state index in [0.29, 0.717) is 0 Å². The van der Waals surface area contributed by atoms with Crippen LogP contribution in [0.5, 0.6) is 0 Å². The van der Waals surface area contributed by atoms with Crippen molar-refractivity contribution in [1.29, 1.82) is 0 Å². The molecule has 0 saturated carbocycles. The Morgan fingerprint density at radius 3 is 2.38 bits per heavy atom. The van der Waals surface area contributed by atoms with E-state index in [4.69, 9.17) is 0 Å². The quantitative estimate of drug-likeness (QED) is 0.415. The Labute approximate surface area is 64.9 Å². The number of hydrogen-bond donors (Lipinski definition) is 2. The van der Waals surface area contributed by atoms with E-state index >= 15 is 0 Å². The fourth-order valence-electron chi connectivity index (χ4n) is 0.494. The number of rotatable bonds is 5. The standard InChI is InChI=1S/C5H13IN2/c1-7-4-2-3-5-8-6/h7-8H,2-5H2,1H3. The van der Waals surface area contributed by atoms with Crippen molar-refractivity contribution >= 4 is 22.9 Å². The minimum atomic E-state index is 1.13.